The van der Waals surface area contributed by atoms with Crippen molar-refractivity contribution in [2.45, 2.75) is 18.9 Å². The van der Waals surface area contributed by atoms with Crippen LogP contribution in [0.15, 0.2) is 36.4 Å². The van der Waals surface area contributed by atoms with Gasteiger partial charge in [-0.3, -0.25) is 0 Å². The Morgan fingerprint density at radius 1 is 1.20 bits per heavy atom. The number of hydrogen-bond acceptors (Lipinski definition) is 2. The van der Waals surface area contributed by atoms with Crippen LogP contribution in [0.2, 0.25) is 10.0 Å². The Bertz CT molecular complexity index is 642. The molecule has 1 unspecified atom stereocenters. The van der Waals surface area contributed by atoms with Gasteiger partial charge in [0, 0.05) is 12.5 Å². The second kappa shape index (κ2) is 5.65. The molecule has 2 aromatic rings. The summed E-state index contributed by atoms with van der Waals surface area (Å²) in [5, 5.41) is 1.16. The van der Waals surface area contributed by atoms with Crippen molar-refractivity contribution in [1.82, 2.24) is 0 Å². The molecule has 0 amide bonds. The van der Waals surface area contributed by atoms with Gasteiger partial charge in [-0.2, -0.15) is 0 Å². The number of benzene rings is 2. The zero-order valence-corrected chi connectivity index (χ0v) is 12.4. The van der Waals surface area contributed by atoms with Gasteiger partial charge in [0.1, 0.15) is 5.75 Å². The van der Waals surface area contributed by atoms with E-state index in [1.54, 1.807) is 6.07 Å². The Balaban J connectivity index is 1.82. The Morgan fingerprint density at radius 3 is 2.90 bits per heavy atom. The molecule has 1 heterocycles. The predicted octanol–water partition coefficient (Wildman–Crippen LogP) is 4.17. The van der Waals surface area contributed by atoms with Crippen molar-refractivity contribution in [3.8, 4) is 5.75 Å². The summed E-state index contributed by atoms with van der Waals surface area (Å²) in [5.74, 6) is 0.974. The largest absolute Gasteiger partial charge is 0.493 e. The van der Waals surface area contributed by atoms with Crippen LogP contribution in [0.1, 0.15) is 22.7 Å². The van der Waals surface area contributed by atoms with E-state index in [1.807, 2.05) is 24.3 Å². The summed E-state index contributed by atoms with van der Waals surface area (Å²) in [5.41, 5.74) is 9.61. The van der Waals surface area contributed by atoms with Crippen LogP contribution in [0.3, 0.4) is 0 Å². The van der Waals surface area contributed by atoms with Crippen LogP contribution < -0.4 is 10.5 Å². The van der Waals surface area contributed by atoms with Crippen molar-refractivity contribution in [3.63, 3.8) is 0 Å². The molecule has 4 heteroatoms. The smallest absolute Gasteiger partial charge is 0.122 e. The second-order valence-electron chi connectivity index (χ2n) is 4.99. The summed E-state index contributed by atoms with van der Waals surface area (Å²) in [6.07, 6.45) is 1.62. The molecule has 104 valence electrons. The van der Waals surface area contributed by atoms with Gasteiger partial charge in [0.25, 0.3) is 0 Å². The third-order valence-corrected chi connectivity index (χ3v) is 4.47. The maximum Gasteiger partial charge on any atom is 0.122 e. The summed E-state index contributed by atoms with van der Waals surface area (Å²) in [6, 6.07) is 11.7. The van der Waals surface area contributed by atoms with Gasteiger partial charge in [-0.25, -0.2) is 0 Å². The molecular weight excluding hydrogens is 293 g/mol. The van der Waals surface area contributed by atoms with Crippen LogP contribution in [-0.4, -0.2) is 6.61 Å². The van der Waals surface area contributed by atoms with Crippen molar-refractivity contribution in [1.29, 1.82) is 0 Å². The van der Waals surface area contributed by atoms with Gasteiger partial charge < -0.3 is 10.5 Å². The highest BCUT2D eigenvalue weighted by Gasteiger charge is 2.16. The zero-order chi connectivity index (χ0) is 14.1. The molecule has 3 rings (SSSR count). The normalized spacial score (nSPS) is 14.8. The number of nitrogens with two attached hydrogens (primary N) is 1. The first kappa shape index (κ1) is 13.7. The minimum absolute atomic E-state index is 0.100. The van der Waals surface area contributed by atoms with Gasteiger partial charge in [-0.1, -0.05) is 47.5 Å². The molecule has 0 aliphatic carbocycles. The second-order valence-corrected chi connectivity index (χ2v) is 5.77. The monoisotopic (exact) mass is 307 g/mol. The Labute approximate surface area is 128 Å². The van der Waals surface area contributed by atoms with Gasteiger partial charge in [-0.05, 0) is 35.2 Å². The van der Waals surface area contributed by atoms with E-state index in [9.17, 15) is 0 Å². The fourth-order valence-electron chi connectivity index (χ4n) is 2.50. The molecule has 0 bridgehead atoms. The van der Waals surface area contributed by atoms with E-state index in [4.69, 9.17) is 33.7 Å². The SMILES string of the molecule is NC(Cc1cccc(Cl)c1Cl)c1ccc2c(c1)CCO2. The van der Waals surface area contributed by atoms with Gasteiger partial charge in [0.15, 0.2) is 0 Å². The molecule has 1 aliphatic heterocycles. The van der Waals surface area contributed by atoms with Crippen LogP contribution in [0.25, 0.3) is 0 Å². The molecule has 1 atom stereocenters. The topological polar surface area (TPSA) is 35.2 Å². The molecule has 2 nitrogen and oxygen atoms in total. The molecule has 2 N–H and O–H groups in total. The first-order chi connectivity index (χ1) is 9.65. The molecule has 20 heavy (non-hydrogen) atoms. The molecule has 0 fully saturated rings. The number of rotatable bonds is 3. The predicted molar refractivity (Wildman–Crippen MR) is 82.7 cm³/mol. The molecule has 0 aromatic heterocycles. The highest BCUT2D eigenvalue weighted by Crippen LogP contribution is 2.31. The maximum absolute atomic E-state index is 6.30. The fraction of sp³-hybridized carbons (Fsp3) is 0.250. The Morgan fingerprint density at radius 2 is 2.05 bits per heavy atom. The minimum atomic E-state index is -0.100. The van der Waals surface area contributed by atoms with Crippen LogP contribution >= 0.6 is 23.2 Å². The zero-order valence-electron chi connectivity index (χ0n) is 10.9. The Hall–Kier alpha value is -1.22. The van der Waals surface area contributed by atoms with E-state index in [0.29, 0.717) is 16.5 Å². The van der Waals surface area contributed by atoms with Crippen molar-refractivity contribution in [2.24, 2.45) is 5.73 Å². The number of hydrogen-bond donors (Lipinski definition) is 1. The van der Waals surface area contributed by atoms with E-state index < -0.39 is 0 Å². The summed E-state index contributed by atoms with van der Waals surface area (Å²) >= 11 is 12.2. The lowest BCUT2D eigenvalue weighted by Gasteiger charge is -2.14. The fourth-order valence-corrected chi connectivity index (χ4v) is 2.90. The number of ether oxygens (including phenoxy) is 1. The third-order valence-electron chi connectivity index (χ3n) is 3.61. The van der Waals surface area contributed by atoms with Crippen molar-refractivity contribution in [3.05, 3.63) is 63.1 Å². The standard InChI is InChI=1S/C16H15Cl2NO/c17-13-3-1-2-12(16(13)18)9-14(19)10-4-5-15-11(8-10)6-7-20-15/h1-5,8,14H,6-7,9,19H2. The van der Waals surface area contributed by atoms with Gasteiger partial charge in [0.2, 0.25) is 0 Å². The number of fused-ring (bicyclic) bond motifs is 1. The van der Waals surface area contributed by atoms with Gasteiger partial charge in [-0.15, -0.1) is 0 Å². The lowest BCUT2D eigenvalue weighted by Crippen LogP contribution is -2.13. The third kappa shape index (κ3) is 2.64. The van der Waals surface area contributed by atoms with Crippen LogP contribution in [0.5, 0.6) is 5.75 Å². The highest BCUT2D eigenvalue weighted by molar-refractivity contribution is 6.42. The van der Waals surface area contributed by atoms with E-state index in [1.165, 1.54) is 5.56 Å². The Kier molecular flexibility index (Phi) is 3.88. The summed E-state index contributed by atoms with van der Waals surface area (Å²) < 4.78 is 5.51. The molecule has 1 aliphatic rings. The molecular formula is C16H15Cl2NO. The summed E-state index contributed by atoms with van der Waals surface area (Å²) in [4.78, 5) is 0. The van der Waals surface area contributed by atoms with Gasteiger partial charge >= 0.3 is 0 Å². The van der Waals surface area contributed by atoms with Crippen LogP contribution in [0.4, 0.5) is 0 Å². The van der Waals surface area contributed by atoms with E-state index >= 15 is 0 Å². The lowest BCUT2D eigenvalue weighted by atomic mass is 9.97. The first-order valence-electron chi connectivity index (χ1n) is 6.59. The molecule has 0 radical (unpaired) electrons. The molecule has 0 spiro atoms. The van der Waals surface area contributed by atoms with Crippen LogP contribution in [-0.2, 0) is 12.8 Å². The van der Waals surface area contributed by atoms with Crippen molar-refractivity contribution in [2.75, 3.05) is 6.61 Å². The molecule has 0 saturated carbocycles. The number of halogens is 2. The van der Waals surface area contributed by atoms with E-state index in [-0.39, 0.29) is 6.04 Å². The summed E-state index contributed by atoms with van der Waals surface area (Å²) in [6.45, 7) is 0.758. The van der Waals surface area contributed by atoms with Crippen molar-refractivity contribution >= 4 is 23.2 Å². The van der Waals surface area contributed by atoms with E-state index in [0.717, 1.165) is 29.9 Å². The quantitative estimate of drug-likeness (QED) is 0.923. The maximum atomic E-state index is 6.30. The minimum Gasteiger partial charge on any atom is -0.493 e. The molecule has 0 saturated heterocycles. The molecule has 2 aromatic carbocycles. The van der Waals surface area contributed by atoms with Crippen molar-refractivity contribution < 1.29 is 4.74 Å². The summed E-state index contributed by atoms with van der Waals surface area (Å²) in [7, 11) is 0. The average molecular weight is 308 g/mol. The van der Waals surface area contributed by atoms with Crippen LogP contribution in [0, 0.1) is 0 Å². The van der Waals surface area contributed by atoms with E-state index in [2.05, 4.69) is 6.07 Å². The lowest BCUT2D eigenvalue weighted by molar-refractivity contribution is 0.357. The first-order valence-corrected chi connectivity index (χ1v) is 7.35. The average Bonchev–Trinajstić information content (AvgIpc) is 2.91. The van der Waals surface area contributed by atoms with Gasteiger partial charge in [0.05, 0.1) is 16.7 Å². The highest BCUT2D eigenvalue weighted by atomic mass is 35.5.